The molecule has 52 heavy (non-hydrogen) atoms. The number of unbranched alkanes of at least 4 members (excludes halogenated alkanes) is 18. The molecule has 4 nitrogen and oxygen atoms in total. The second kappa shape index (κ2) is 42.8. The monoisotopic (exact) mass is 723 g/mol. The van der Waals surface area contributed by atoms with E-state index >= 15 is 0 Å². The van der Waals surface area contributed by atoms with Gasteiger partial charge in [0.1, 0.15) is 6.10 Å². The van der Waals surface area contributed by atoms with Crippen molar-refractivity contribution in [2.75, 3.05) is 0 Å². The van der Waals surface area contributed by atoms with Crippen molar-refractivity contribution < 1.29 is 19.4 Å². The predicted octanol–water partition coefficient (Wildman–Crippen LogP) is 15.5. The van der Waals surface area contributed by atoms with Gasteiger partial charge in [0.25, 0.3) is 0 Å². The summed E-state index contributed by atoms with van der Waals surface area (Å²) in [6, 6.07) is 0. The van der Waals surface area contributed by atoms with Gasteiger partial charge < -0.3 is 9.84 Å². The highest BCUT2D eigenvalue weighted by atomic mass is 16.5. The van der Waals surface area contributed by atoms with Crippen LogP contribution in [0, 0.1) is 0 Å². The number of hydrogen-bond acceptors (Lipinski definition) is 3. The molecule has 0 bridgehead atoms. The molecular weight excluding hydrogens is 641 g/mol. The largest absolute Gasteiger partial charge is 0.481 e. The molecule has 0 rings (SSSR count). The maximum absolute atomic E-state index is 12.7. The Labute approximate surface area is 322 Å². The number of carboxylic acid groups (broad SMARTS) is 1. The highest BCUT2D eigenvalue weighted by Crippen LogP contribution is 2.19. The number of aliphatic carboxylic acids is 1. The van der Waals surface area contributed by atoms with Gasteiger partial charge in [0, 0.05) is 12.8 Å². The fourth-order valence-electron chi connectivity index (χ4n) is 6.25. The number of carbonyl (C=O) groups excluding carboxylic acids is 1. The van der Waals surface area contributed by atoms with Gasteiger partial charge in [0.05, 0.1) is 0 Å². The van der Waals surface area contributed by atoms with Crippen LogP contribution in [-0.2, 0) is 14.3 Å². The van der Waals surface area contributed by atoms with Gasteiger partial charge in [0.2, 0.25) is 0 Å². The molecule has 0 fully saturated rings. The van der Waals surface area contributed by atoms with E-state index in [4.69, 9.17) is 9.84 Å². The fraction of sp³-hybridized carbons (Fsp3) is 0.708. The zero-order valence-electron chi connectivity index (χ0n) is 34.1. The van der Waals surface area contributed by atoms with Crippen molar-refractivity contribution in [1.29, 1.82) is 0 Å². The Morgan fingerprint density at radius 2 is 0.808 bits per heavy atom. The lowest BCUT2D eigenvalue weighted by Crippen LogP contribution is -2.18. The average Bonchev–Trinajstić information content (AvgIpc) is 3.13. The first-order valence-corrected chi connectivity index (χ1v) is 21.9. The van der Waals surface area contributed by atoms with Gasteiger partial charge in [-0.2, -0.15) is 0 Å². The van der Waals surface area contributed by atoms with Crippen LogP contribution < -0.4 is 0 Å². The number of rotatable bonds is 39. The van der Waals surface area contributed by atoms with Crippen LogP contribution in [0.15, 0.2) is 72.9 Å². The molecule has 0 saturated carbocycles. The van der Waals surface area contributed by atoms with Crippen molar-refractivity contribution in [3.8, 4) is 0 Å². The van der Waals surface area contributed by atoms with Crippen molar-refractivity contribution in [1.82, 2.24) is 0 Å². The molecule has 0 aromatic rings. The Balaban J connectivity index is 4.15. The minimum Gasteiger partial charge on any atom is -0.481 e. The normalized spacial score (nSPS) is 13.0. The number of carboxylic acids is 1. The Hall–Kier alpha value is -2.62. The van der Waals surface area contributed by atoms with E-state index in [-0.39, 0.29) is 12.1 Å². The van der Waals surface area contributed by atoms with Crippen LogP contribution in [0.5, 0.6) is 0 Å². The van der Waals surface area contributed by atoms with Crippen LogP contribution in [-0.4, -0.2) is 23.1 Å². The summed E-state index contributed by atoms with van der Waals surface area (Å²) in [6.45, 7) is 4.43. The van der Waals surface area contributed by atoms with Crippen molar-refractivity contribution in [2.45, 2.75) is 219 Å². The standard InChI is InChI=1S/C48H82O4/c1-3-5-7-9-11-13-15-16-17-18-19-20-21-22-23-24-25-27-33-37-41-45-48(51)52-46(42-38-34-30-26-14-12-10-8-6-4-2)43-39-35-31-28-29-32-36-40-44-47(49)50/h5,7,11,13,16-17,19-20,22-23,25,27,46H,3-4,6,8-10,12,14-15,18,21,24,26,28-45H2,1-2H3,(H,49,50)/b7-5-,13-11-,17-16-,20-19-,23-22-,27-25-. The van der Waals surface area contributed by atoms with Gasteiger partial charge in [-0.25, -0.2) is 0 Å². The molecule has 1 atom stereocenters. The first-order valence-electron chi connectivity index (χ1n) is 21.9. The van der Waals surface area contributed by atoms with E-state index in [2.05, 4.69) is 86.8 Å². The Morgan fingerprint density at radius 1 is 0.442 bits per heavy atom. The molecule has 0 spiro atoms. The smallest absolute Gasteiger partial charge is 0.306 e. The molecule has 0 aromatic carbocycles. The molecule has 0 aliphatic carbocycles. The molecule has 1 N–H and O–H groups in total. The summed E-state index contributed by atoms with van der Waals surface area (Å²) in [5.41, 5.74) is 0. The van der Waals surface area contributed by atoms with Gasteiger partial charge >= 0.3 is 11.9 Å². The number of ether oxygens (including phenoxy) is 1. The van der Waals surface area contributed by atoms with Gasteiger partial charge in [0.15, 0.2) is 0 Å². The minimum absolute atomic E-state index is 0.0128. The number of esters is 1. The maximum Gasteiger partial charge on any atom is 0.306 e. The van der Waals surface area contributed by atoms with Crippen molar-refractivity contribution in [2.24, 2.45) is 0 Å². The lowest BCUT2D eigenvalue weighted by molar-refractivity contribution is -0.150. The second-order valence-corrected chi connectivity index (χ2v) is 14.5. The van der Waals surface area contributed by atoms with E-state index in [1.807, 2.05) is 0 Å². The topological polar surface area (TPSA) is 63.6 Å². The maximum atomic E-state index is 12.7. The molecule has 4 heteroatoms. The summed E-state index contributed by atoms with van der Waals surface area (Å²) in [5.74, 6) is -0.699. The van der Waals surface area contributed by atoms with Crippen LogP contribution in [0.4, 0.5) is 0 Å². The molecule has 0 saturated heterocycles. The van der Waals surface area contributed by atoms with E-state index in [9.17, 15) is 9.59 Å². The van der Waals surface area contributed by atoms with Gasteiger partial charge in [-0.05, 0) is 89.9 Å². The highest BCUT2D eigenvalue weighted by molar-refractivity contribution is 5.69. The van der Waals surface area contributed by atoms with Crippen LogP contribution in [0.2, 0.25) is 0 Å². The van der Waals surface area contributed by atoms with Gasteiger partial charge in [-0.3, -0.25) is 9.59 Å². The molecule has 0 radical (unpaired) electrons. The van der Waals surface area contributed by atoms with Crippen LogP contribution in [0.25, 0.3) is 0 Å². The van der Waals surface area contributed by atoms with E-state index in [0.29, 0.717) is 12.8 Å². The molecule has 0 heterocycles. The van der Waals surface area contributed by atoms with E-state index < -0.39 is 5.97 Å². The van der Waals surface area contributed by atoms with Crippen molar-refractivity contribution >= 4 is 11.9 Å². The third-order valence-corrected chi connectivity index (χ3v) is 9.44. The lowest BCUT2D eigenvalue weighted by Gasteiger charge is -2.18. The summed E-state index contributed by atoms with van der Waals surface area (Å²) < 4.78 is 6.04. The third kappa shape index (κ3) is 41.8. The van der Waals surface area contributed by atoms with E-state index in [0.717, 1.165) is 103 Å². The minimum atomic E-state index is -0.686. The number of allylic oxidation sites excluding steroid dienone is 12. The third-order valence-electron chi connectivity index (χ3n) is 9.44. The number of carbonyl (C=O) groups is 2. The van der Waals surface area contributed by atoms with Crippen molar-refractivity contribution in [3.05, 3.63) is 72.9 Å². The summed E-state index contributed by atoms with van der Waals surface area (Å²) in [5, 5.41) is 8.77. The van der Waals surface area contributed by atoms with Crippen molar-refractivity contribution in [3.63, 3.8) is 0 Å². The zero-order chi connectivity index (χ0) is 37.8. The molecule has 298 valence electrons. The van der Waals surface area contributed by atoms with Gasteiger partial charge in [-0.1, -0.05) is 183 Å². The lowest BCUT2D eigenvalue weighted by atomic mass is 10.0. The molecule has 0 aliphatic rings. The van der Waals surface area contributed by atoms with Crippen LogP contribution in [0.3, 0.4) is 0 Å². The van der Waals surface area contributed by atoms with E-state index in [1.165, 1.54) is 83.5 Å². The molecular formula is C48H82O4. The summed E-state index contributed by atoms with van der Waals surface area (Å²) in [4.78, 5) is 23.4. The first-order chi connectivity index (χ1) is 25.6. The number of hydrogen-bond donors (Lipinski definition) is 1. The van der Waals surface area contributed by atoms with Gasteiger partial charge in [-0.15, -0.1) is 0 Å². The summed E-state index contributed by atoms with van der Waals surface area (Å²) in [6.07, 6.45) is 60.7. The molecule has 1 unspecified atom stereocenters. The zero-order valence-corrected chi connectivity index (χ0v) is 34.1. The Kier molecular flexibility index (Phi) is 40.6. The first kappa shape index (κ1) is 49.4. The summed E-state index contributed by atoms with van der Waals surface area (Å²) in [7, 11) is 0. The molecule has 0 amide bonds. The molecule has 0 aromatic heterocycles. The summed E-state index contributed by atoms with van der Waals surface area (Å²) >= 11 is 0. The molecule has 0 aliphatic heterocycles. The average molecular weight is 723 g/mol. The Morgan fingerprint density at radius 3 is 1.23 bits per heavy atom. The quantitative estimate of drug-likeness (QED) is 0.0390. The highest BCUT2D eigenvalue weighted by Gasteiger charge is 2.14. The SMILES string of the molecule is CC/C=C\C/C=C\C/C=C\C/C=C\C/C=C\C/C=C\CCCCC(=O)OC(CCCCCCCCCCCC)CCCCCCCCCCC(=O)O. The van der Waals surface area contributed by atoms with Crippen LogP contribution in [0.1, 0.15) is 213 Å². The fourth-order valence-corrected chi connectivity index (χ4v) is 6.25. The van der Waals surface area contributed by atoms with Crippen LogP contribution >= 0.6 is 0 Å². The second-order valence-electron chi connectivity index (χ2n) is 14.5. The predicted molar refractivity (Wildman–Crippen MR) is 227 cm³/mol. The van der Waals surface area contributed by atoms with E-state index in [1.54, 1.807) is 0 Å². The Bertz CT molecular complexity index is 953.